The Morgan fingerprint density at radius 1 is 1.17 bits per heavy atom. The summed E-state index contributed by atoms with van der Waals surface area (Å²) in [5, 5.41) is 7.29. The van der Waals surface area contributed by atoms with E-state index in [1.807, 2.05) is 7.05 Å². The van der Waals surface area contributed by atoms with Crippen molar-refractivity contribution in [3.8, 4) is 0 Å². The van der Waals surface area contributed by atoms with E-state index in [0.29, 0.717) is 24.0 Å². The molecular weight excluding hydrogens is 374 g/mol. The van der Waals surface area contributed by atoms with Gasteiger partial charge in [0.25, 0.3) is 0 Å². The molecule has 0 bridgehead atoms. The fraction of sp³-hybridized carbons (Fsp3) is 0.708. The van der Waals surface area contributed by atoms with Crippen LogP contribution in [0.1, 0.15) is 39.2 Å². The second-order valence-electron chi connectivity index (χ2n) is 9.08. The van der Waals surface area contributed by atoms with E-state index in [1.54, 1.807) is 0 Å². The molecule has 3 rings (SSSR count). The van der Waals surface area contributed by atoms with E-state index in [4.69, 9.17) is 4.74 Å². The normalized spacial score (nSPS) is 25.3. The van der Waals surface area contributed by atoms with E-state index in [9.17, 15) is 0 Å². The number of aliphatic imine (C=N–C) groups is 1. The molecule has 0 saturated carbocycles. The monoisotopic (exact) mass is 415 g/mol. The lowest BCUT2D eigenvalue weighted by molar-refractivity contribution is 0.00750. The van der Waals surface area contributed by atoms with Gasteiger partial charge in [-0.25, -0.2) is 0 Å². The lowest BCUT2D eigenvalue weighted by atomic mass is 9.97. The van der Waals surface area contributed by atoms with Crippen LogP contribution in [-0.2, 0) is 11.3 Å². The van der Waals surface area contributed by atoms with Crippen LogP contribution < -0.4 is 10.6 Å². The van der Waals surface area contributed by atoms with E-state index in [-0.39, 0.29) is 0 Å². The van der Waals surface area contributed by atoms with Crippen LogP contribution in [0.25, 0.3) is 0 Å². The second-order valence-corrected chi connectivity index (χ2v) is 9.08. The Morgan fingerprint density at radius 2 is 1.90 bits per heavy atom. The lowest BCUT2D eigenvalue weighted by Crippen LogP contribution is -2.55. The first-order valence-electron chi connectivity index (χ1n) is 11.6. The van der Waals surface area contributed by atoms with E-state index in [2.05, 4.69) is 76.5 Å². The smallest absolute Gasteiger partial charge is 0.191 e. The highest BCUT2D eigenvalue weighted by atomic mass is 16.5. The van der Waals surface area contributed by atoms with Crippen molar-refractivity contribution in [2.75, 3.05) is 46.4 Å². The Hall–Kier alpha value is -1.63. The van der Waals surface area contributed by atoms with Gasteiger partial charge in [0.15, 0.2) is 5.96 Å². The van der Waals surface area contributed by atoms with Gasteiger partial charge in [-0.05, 0) is 31.2 Å². The summed E-state index contributed by atoms with van der Waals surface area (Å²) in [4.78, 5) is 9.66. The van der Waals surface area contributed by atoms with Crippen LogP contribution in [-0.4, -0.2) is 80.3 Å². The summed E-state index contributed by atoms with van der Waals surface area (Å²) in [6, 6.07) is 12.3. The molecule has 0 radical (unpaired) electrons. The average Bonchev–Trinajstić information content (AvgIpc) is 2.76. The lowest BCUT2D eigenvalue weighted by Gasteiger charge is -2.39. The molecule has 2 heterocycles. The average molecular weight is 416 g/mol. The number of piperidine rings is 1. The molecule has 0 spiro atoms. The zero-order valence-corrected chi connectivity index (χ0v) is 19.3. The first-order chi connectivity index (χ1) is 14.6. The van der Waals surface area contributed by atoms with Gasteiger partial charge >= 0.3 is 0 Å². The third-order valence-electron chi connectivity index (χ3n) is 6.57. The van der Waals surface area contributed by atoms with Crippen molar-refractivity contribution in [1.29, 1.82) is 0 Å². The van der Waals surface area contributed by atoms with E-state index >= 15 is 0 Å². The minimum atomic E-state index is 0.471. The summed E-state index contributed by atoms with van der Waals surface area (Å²) in [5.74, 6) is 1.53. The van der Waals surface area contributed by atoms with Gasteiger partial charge in [-0.15, -0.1) is 0 Å². The predicted octanol–water partition coefficient (Wildman–Crippen LogP) is 2.56. The Balaban J connectivity index is 1.46. The number of hydrogen-bond acceptors (Lipinski definition) is 4. The molecule has 2 fully saturated rings. The topological polar surface area (TPSA) is 52.1 Å². The summed E-state index contributed by atoms with van der Waals surface area (Å²) in [6.45, 7) is 13.8. The fourth-order valence-electron chi connectivity index (χ4n) is 4.69. The van der Waals surface area contributed by atoms with Crippen LogP contribution in [0.15, 0.2) is 35.3 Å². The van der Waals surface area contributed by atoms with Gasteiger partial charge in [-0.2, -0.15) is 0 Å². The zero-order chi connectivity index (χ0) is 21.3. The van der Waals surface area contributed by atoms with Crippen molar-refractivity contribution >= 4 is 5.96 Å². The number of rotatable bonds is 7. The quantitative estimate of drug-likeness (QED) is 0.530. The molecule has 0 aromatic heterocycles. The molecule has 2 aliphatic heterocycles. The van der Waals surface area contributed by atoms with Gasteiger partial charge in [0.05, 0.1) is 13.2 Å². The fourth-order valence-corrected chi connectivity index (χ4v) is 4.69. The molecule has 6 heteroatoms. The number of nitrogens with zero attached hydrogens (tertiary/aromatic N) is 3. The Bertz CT molecular complexity index is 644. The number of likely N-dealkylation sites (tertiary alicyclic amines) is 1. The summed E-state index contributed by atoms with van der Waals surface area (Å²) in [6.07, 6.45) is 2.29. The van der Waals surface area contributed by atoms with Crippen LogP contribution in [0, 0.1) is 5.92 Å². The van der Waals surface area contributed by atoms with Gasteiger partial charge in [0, 0.05) is 57.9 Å². The standard InChI is InChI=1S/C24H41N5O/c1-19(2)23(28-12-14-30-15-13-28)17-26-24(25-4)27-22-10-11-29(20(3)16-22)18-21-8-6-5-7-9-21/h5-9,19-20,22-23H,10-18H2,1-4H3,(H2,25,26,27). The van der Waals surface area contributed by atoms with Crippen LogP contribution in [0.4, 0.5) is 0 Å². The molecule has 6 nitrogen and oxygen atoms in total. The van der Waals surface area contributed by atoms with Crippen LogP contribution in [0.2, 0.25) is 0 Å². The van der Waals surface area contributed by atoms with Crippen molar-refractivity contribution < 1.29 is 4.74 Å². The zero-order valence-electron chi connectivity index (χ0n) is 19.3. The number of guanidine groups is 1. The molecular formula is C24H41N5O. The minimum absolute atomic E-state index is 0.471. The summed E-state index contributed by atoms with van der Waals surface area (Å²) < 4.78 is 5.53. The van der Waals surface area contributed by atoms with Crippen molar-refractivity contribution in [2.24, 2.45) is 10.9 Å². The molecule has 0 aliphatic carbocycles. The largest absolute Gasteiger partial charge is 0.379 e. The Labute approximate surface area is 183 Å². The van der Waals surface area contributed by atoms with Gasteiger partial charge in [0.1, 0.15) is 0 Å². The molecule has 2 saturated heterocycles. The third-order valence-corrected chi connectivity index (χ3v) is 6.57. The third kappa shape index (κ3) is 6.69. The minimum Gasteiger partial charge on any atom is -0.379 e. The summed E-state index contributed by atoms with van der Waals surface area (Å²) in [7, 11) is 1.88. The summed E-state index contributed by atoms with van der Waals surface area (Å²) in [5.41, 5.74) is 1.40. The van der Waals surface area contributed by atoms with Gasteiger partial charge in [-0.1, -0.05) is 44.2 Å². The molecule has 3 atom stereocenters. The highest BCUT2D eigenvalue weighted by Gasteiger charge is 2.27. The number of ether oxygens (including phenoxy) is 1. The molecule has 1 aromatic rings. The number of morpholine rings is 1. The molecule has 2 aliphatic rings. The SMILES string of the molecule is CN=C(NCC(C(C)C)N1CCOCC1)NC1CCN(Cc2ccccc2)C(C)C1. The Kier molecular flexibility index (Phi) is 8.97. The summed E-state index contributed by atoms with van der Waals surface area (Å²) >= 11 is 0. The van der Waals surface area contributed by atoms with Crippen LogP contribution in [0.3, 0.4) is 0 Å². The maximum atomic E-state index is 5.53. The maximum absolute atomic E-state index is 5.53. The molecule has 3 unspecified atom stereocenters. The van der Waals surface area contributed by atoms with Gasteiger partial charge < -0.3 is 15.4 Å². The first kappa shape index (κ1) is 23.0. The molecule has 0 amide bonds. The Morgan fingerprint density at radius 3 is 2.53 bits per heavy atom. The first-order valence-corrected chi connectivity index (χ1v) is 11.6. The van der Waals surface area contributed by atoms with Gasteiger partial charge in [-0.3, -0.25) is 14.8 Å². The number of nitrogens with one attached hydrogen (secondary N) is 2. The van der Waals surface area contributed by atoms with Crippen LogP contribution >= 0.6 is 0 Å². The molecule has 2 N–H and O–H groups in total. The number of benzene rings is 1. The van der Waals surface area contributed by atoms with E-state index < -0.39 is 0 Å². The van der Waals surface area contributed by atoms with Crippen molar-refractivity contribution in [1.82, 2.24) is 20.4 Å². The molecule has 30 heavy (non-hydrogen) atoms. The van der Waals surface area contributed by atoms with E-state index in [0.717, 1.165) is 64.7 Å². The highest BCUT2D eigenvalue weighted by molar-refractivity contribution is 5.80. The van der Waals surface area contributed by atoms with Crippen molar-refractivity contribution in [3.63, 3.8) is 0 Å². The van der Waals surface area contributed by atoms with Crippen molar-refractivity contribution in [3.05, 3.63) is 35.9 Å². The van der Waals surface area contributed by atoms with E-state index in [1.165, 1.54) is 5.56 Å². The van der Waals surface area contributed by atoms with Gasteiger partial charge in [0.2, 0.25) is 0 Å². The molecule has 168 valence electrons. The van der Waals surface area contributed by atoms with Crippen molar-refractivity contribution in [2.45, 2.75) is 58.3 Å². The highest BCUT2D eigenvalue weighted by Crippen LogP contribution is 2.20. The second kappa shape index (κ2) is 11.7. The maximum Gasteiger partial charge on any atom is 0.191 e. The number of hydrogen-bond donors (Lipinski definition) is 2. The predicted molar refractivity (Wildman–Crippen MR) is 125 cm³/mol. The van der Waals surface area contributed by atoms with Crippen LogP contribution in [0.5, 0.6) is 0 Å². The molecule has 1 aromatic carbocycles.